The Morgan fingerprint density at radius 2 is 1.48 bits per heavy atom. The summed E-state index contributed by atoms with van der Waals surface area (Å²) in [5.74, 6) is -1.83. The number of carbonyl (C=O) groups excluding carboxylic acids is 3. The van der Waals surface area contributed by atoms with E-state index >= 15 is 0 Å². The molecule has 0 unspecified atom stereocenters. The molecule has 27 heavy (non-hydrogen) atoms. The second-order valence-electron chi connectivity index (χ2n) is 8.28. The van der Waals surface area contributed by atoms with Crippen molar-refractivity contribution in [2.75, 3.05) is 0 Å². The van der Waals surface area contributed by atoms with Crippen LogP contribution in [0.25, 0.3) is 0 Å². The lowest BCUT2D eigenvalue weighted by molar-refractivity contribution is -0.159. The first-order valence-corrected chi connectivity index (χ1v) is 8.84. The van der Waals surface area contributed by atoms with Crippen LogP contribution in [0.5, 0.6) is 0 Å². The second-order valence-corrected chi connectivity index (χ2v) is 8.28. The summed E-state index contributed by atoms with van der Waals surface area (Å²) in [5.41, 5.74) is 5.00. The predicted molar refractivity (Wildman–Crippen MR) is 102 cm³/mol. The molecule has 0 radical (unpaired) electrons. The first kappa shape index (κ1) is 22.6. The van der Waals surface area contributed by atoms with Crippen LogP contribution in [0.2, 0.25) is 0 Å². The summed E-state index contributed by atoms with van der Waals surface area (Å²) in [6.45, 7) is 10.4. The van der Waals surface area contributed by atoms with Gasteiger partial charge in [-0.05, 0) is 47.1 Å². The zero-order chi connectivity index (χ0) is 20.8. The SMILES string of the molecule is CC(C)(C)OC(=O)C[C@H](N)C(=O)N[C@H](C(=O)OC(C)(C)C)c1ccccc1. The maximum absolute atomic E-state index is 12.6. The highest BCUT2D eigenvalue weighted by Gasteiger charge is 2.30. The fourth-order valence-electron chi connectivity index (χ4n) is 2.19. The molecule has 0 aliphatic carbocycles. The Kier molecular flexibility index (Phi) is 7.54. The van der Waals surface area contributed by atoms with E-state index in [1.54, 1.807) is 71.9 Å². The number of benzene rings is 1. The third kappa shape index (κ3) is 8.68. The molecular weight excluding hydrogens is 348 g/mol. The third-order valence-corrected chi connectivity index (χ3v) is 3.21. The van der Waals surface area contributed by atoms with E-state index in [0.29, 0.717) is 5.56 Å². The Hall–Kier alpha value is -2.41. The highest BCUT2D eigenvalue weighted by atomic mass is 16.6. The number of esters is 2. The molecule has 1 amide bonds. The lowest BCUT2D eigenvalue weighted by Gasteiger charge is -2.26. The van der Waals surface area contributed by atoms with Crippen molar-refractivity contribution in [2.24, 2.45) is 5.73 Å². The van der Waals surface area contributed by atoms with Crippen LogP contribution in [0.3, 0.4) is 0 Å². The normalized spacial score (nSPS) is 14.0. The lowest BCUT2D eigenvalue weighted by atomic mass is 10.1. The van der Waals surface area contributed by atoms with Gasteiger partial charge in [-0.25, -0.2) is 4.79 Å². The number of hydrogen-bond acceptors (Lipinski definition) is 6. The van der Waals surface area contributed by atoms with Crippen LogP contribution in [-0.2, 0) is 23.9 Å². The topological polar surface area (TPSA) is 108 Å². The highest BCUT2D eigenvalue weighted by molar-refractivity contribution is 5.90. The predicted octanol–water partition coefficient (Wildman–Crippen LogP) is 2.24. The molecule has 0 heterocycles. The zero-order valence-corrected chi connectivity index (χ0v) is 16.9. The van der Waals surface area contributed by atoms with Crippen molar-refractivity contribution < 1.29 is 23.9 Å². The van der Waals surface area contributed by atoms with E-state index in [1.807, 2.05) is 0 Å². The summed E-state index contributed by atoms with van der Waals surface area (Å²) in [6.07, 6.45) is -0.293. The quantitative estimate of drug-likeness (QED) is 0.735. The molecule has 0 aliphatic heterocycles. The first-order chi connectivity index (χ1) is 12.3. The van der Waals surface area contributed by atoms with Crippen molar-refractivity contribution in [1.82, 2.24) is 5.32 Å². The summed E-state index contributed by atoms with van der Waals surface area (Å²) in [6, 6.07) is 6.53. The van der Waals surface area contributed by atoms with Crippen LogP contribution in [0, 0.1) is 0 Å². The van der Waals surface area contributed by atoms with Crippen molar-refractivity contribution in [2.45, 2.75) is 71.2 Å². The number of carbonyl (C=O) groups is 3. The average Bonchev–Trinajstić information content (AvgIpc) is 2.49. The van der Waals surface area contributed by atoms with Gasteiger partial charge in [0.1, 0.15) is 11.2 Å². The van der Waals surface area contributed by atoms with E-state index < -0.39 is 41.1 Å². The van der Waals surface area contributed by atoms with Crippen molar-refractivity contribution in [3.05, 3.63) is 35.9 Å². The molecule has 0 fully saturated rings. The van der Waals surface area contributed by atoms with E-state index in [9.17, 15) is 14.4 Å². The smallest absolute Gasteiger partial charge is 0.333 e. The molecule has 7 nitrogen and oxygen atoms in total. The molecule has 0 spiro atoms. The zero-order valence-electron chi connectivity index (χ0n) is 16.9. The van der Waals surface area contributed by atoms with Gasteiger partial charge in [-0.3, -0.25) is 9.59 Å². The van der Waals surface area contributed by atoms with E-state index in [1.165, 1.54) is 0 Å². The van der Waals surface area contributed by atoms with Gasteiger partial charge >= 0.3 is 11.9 Å². The minimum atomic E-state index is -1.14. The molecule has 3 N–H and O–H groups in total. The molecule has 0 saturated heterocycles. The minimum absolute atomic E-state index is 0.293. The molecule has 1 aromatic carbocycles. The molecule has 2 atom stereocenters. The number of rotatable bonds is 6. The summed E-state index contributed by atoms with van der Waals surface area (Å²) in [4.78, 5) is 36.9. The van der Waals surface area contributed by atoms with Crippen LogP contribution >= 0.6 is 0 Å². The number of nitrogens with one attached hydrogen (secondary N) is 1. The van der Waals surface area contributed by atoms with Crippen molar-refractivity contribution in [3.63, 3.8) is 0 Å². The monoisotopic (exact) mass is 378 g/mol. The maximum atomic E-state index is 12.6. The van der Waals surface area contributed by atoms with Crippen LogP contribution < -0.4 is 11.1 Å². The van der Waals surface area contributed by atoms with Crippen molar-refractivity contribution in [3.8, 4) is 0 Å². The Balaban J connectivity index is 2.87. The Morgan fingerprint density at radius 1 is 0.963 bits per heavy atom. The lowest BCUT2D eigenvalue weighted by Crippen LogP contribution is -2.46. The fourth-order valence-corrected chi connectivity index (χ4v) is 2.19. The van der Waals surface area contributed by atoms with E-state index in [4.69, 9.17) is 15.2 Å². The van der Waals surface area contributed by atoms with Crippen LogP contribution in [0.4, 0.5) is 0 Å². The summed E-state index contributed by atoms with van der Waals surface area (Å²) < 4.78 is 10.6. The maximum Gasteiger partial charge on any atom is 0.333 e. The van der Waals surface area contributed by atoms with Gasteiger partial charge in [-0.15, -0.1) is 0 Å². The molecule has 0 aromatic heterocycles. The Bertz CT molecular complexity index is 659. The number of ether oxygens (including phenoxy) is 2. The Morgan fingerprint density at radius 3 is 1.96 bits per heavy atom. The molecule has 0 bridgehead atoms. The van der Waals surface area contributed by atoms with Crippen molar-refractivity contribution in [1.29, 1.82) is 0 Å². The highest BCUT2D eigenvalue weighted by Crippen LogP contribution is 2.19. The number of amides is 1. The third-order valence-electron chi connectivity index (χ3n) is 3.21. The van der Waals surface area contributed by atoms with Gasteiger partial charge in [0.2, 0.25) is 5.91 Å². The van der Waals surface area contributed by atoms with Crippen LogP contribution in [-0.4, -0.2) is 35.1 Å². The summed E-state index contributed by atoms with van der Waals surface area (Å²) in [7, 11) is 0. The van der Waals surface area contributed by atoms with Gasteiger partial charge in [0.05, 0.1) is 12.5 Å². The number of nitrogens with two attached hydrogens (primary N) is 1. The van der Waals surface area contributed by atoms with E-state index in [2.05, 4.69) is 5.32 Å². The van der Waals surface area contributed by atoms with Gasteiger partial charge in [0.25, 0.3) is 0 Å². The molecule has 7 heteroatoms. The summed E-state index contributed by atoms with van der Waals surface area (Å²) >= 11 is 0. The van der Waals surface area contributed by atoms with Crippen LogP contribution in [0.1, 0.15) is 59.6 Å². The summed E-state index contributed by atoms with van der Waals surface area (Å²) in [5, 5.41) is 2.58. The molecule has 0 saturated carbocycles. The van der Waals surface area contributed by atoms with E-state index in [0.717, 1.165) is 0 Å². The largest absolute Gasteiger partial charge is 0.460 e. The van der Waals surface area contributed by atoms with Gasteiger partial charge < -0.3 is 20.5 Å². The van der Waals surface area contributed by atoms with Gasteiger partial charge in [-0.2, -0.15) is 0 Å². The Labute approximate surface area is 160 Å². The second kappa shape index (κ2) is 8.99. The first-order valence-electron chi connectivity index (χ1n) is 8.84. The standard InChI is InChI=1S/C20H30N2O5/c1-19(2,3)26-15(23)12-14(21)17(24)22-16(13-10-8-7-9-11-13)18(25)27-20(4,5)6/h7-11,14,16H,12,21H2,1-6H3,(H,22,24)/t14-,16-/m0/s1. The molecule has 1 aromatic rings. The van der Waals surface area contributed by atoms with Crippen LogP contribution in [0.15, 0.2) is 30.3 Å². The van der Waals surface area contributed by atoms with E-state index in [-0.39, 0.29) is 6.42 Å². The molecule has 1 rings (SSSR count). The van der Waals surface area contributed by atoms with Gasteiger partial charge in [0.15, 0.2) is 6.04 Å². The van der Waals surface area contributed by atoms with Crippen molar-refractivity contribution >= 4 is 17.8 Å². The number of hydrogen-bond donors (Lipinski definition) is 2. The van der Waals surface area contributed by atoms with Gasteiger partial charge in [-0.1, -0.05) is 30.3 Å². The average molecular weight is 378 g/mol. The van der Waals surface area contributed by atoms with Gasteiger partial charge in [0, 0.05) is 0 Å². The molecular formula is C20H30N2O5. The minimum Gasteiger partial charge on any atom is -0.460 e. The fraction of sp³-hybridized carbons (Fsp3) is 0.550. The molecule has 0 aliphatic rings. The molecule has 150 valence electrons.